The average molecular weight is 480 g/mol. The van der Waals surface area contributed by atoms with E-state index in [4.69, 9.17) is 28.0 Å². The van der Waals surface area contributed by atoms with Crippen molar-refractivity contribution in [2.45, 2.75) is 13.3 Å². The number of carbonyl (C=O) groups excluding carboxylic acids is 1. The van der Waals surface area contributed by atoms with Crippen molar-refractivity contribution in [1.82, 2.24) is 15.3 Å². The molecule has 0 spiro atoms. The number of esters is 1. The zero-order valence-corrected chi connectivity index (χ0v) is 18.9. The van der Waals surface area contributed by atoms with E-state index < -0.39 is 0 Å². The number of benzene rings is 1. The normalized spacial score (nSPS) is 17.9. The van der Waals surface area contributed by atoms with Gasteiger partial charge in [0.1, 0.15) is 11.7 Å². The number of thiazole rings is 1. The van der Waals surface area contributed by atoms with E-state index in [-0.39, 0.29) is 24.2 Å². The van der Waals surface area contributed by atoms with Crippen LogP contribution in [0.1, 0.15) is 18.4 Å². The molecule has 4 rings (SSSR count). The van der Waals surface area contributed by atoms with Crippen molar-refractivity contribution in [2.24, 2.45) is 27.7 Å². The van der Waals surface area contributed by atoms with E-state index in [0.717, 1.165) is 16.5 Å². The van der Waals surface area contributed by atoms with Gasteiger partial charge in [0, 0.05) is 41.2 Å². The number of hydrogen-bond donors (Lipinski definition) is 3. The lowest BCUT2D eigenvalue weighted by molar-refractivity contribution is -0.138. The molecule has 1 aromatic carbocycles. The number of hydrazine groups is 1. The van der Waals surface area contributed by atoms with E-state index in [1.807, 2.05) is 10.3 Å². The highest BCUT2D eigenvalue weighted by molar-refractivity contribution is 7.11. The van der Waals surface area contributed by atoms with E-state index in [2.05, 4.69) is 20.5 Å². The van der Waals surface area contributed by atoms with Crippen molar-refractivity contribution in [2.75, 3.05) is 19.7 Å². The molecule has 2 aliphatic rings. The van der Waals surface area contributed by atoms with E-state index >= 15 is 0 Å². The van der Waals surface area contributed by atoms with Crippen LogP contribution in [0, 0.1) is 11.7 Å². The van der Waals surface area contributed by atoms with Crippen LogP contribution in [-0.4, -0.2) is 47.2 Å². The first kappa shape index (κ1) is 23.6. The van der Waals surface area contributed by atoms with Crippen molar-refractivity contribution >= 4 is 40.6 Å². The second-order valence-corrected chi connectivity index (χ2v) is 8.06. The number of nitrogens with one attached hydrogen (secondary N) is 1. The summed E-state index contributed by atoms with van der Waals surface area (Å²) in [7, 11) is 0. The molecular weight excluding hydrogens is 457 g/mol. The number of nitrogens with two attached hydrogens (primary N) is 2. The highest BCUT2D eigenvalue weighted by Gasteiger charge is 2.39. The molecule has 12 heteroatoms. The van der Waals surface area contributed by atoms with Crippen LogP contribution >= 0.6 is 22.9 Å². The van der Waals surface area contributed by atoms with Crippen molar-refractivity contribution in [3.63, 3.8) is 0 Å². The zero-order chi connectivity index (χ0) is 23.1. The van der Waals surface area contributed by atoms with E-state index in [1.165, 1.54) is 23.5 Å². The minimum Gasteiger partial charge on any atom is -0.463 e. The summed E-state index contributed by atoms with van der Waals surface area (Å²) in [4.78, 5) is 23.1. The molecule has 1 aromatic heterocycles. The van der Waals surface area contributed by atoms with Gasteiger partial charge in [0.2, 0.25) is 0 Å². The molecule has 170 valence electrons. The number of halogens is 2. The quantitative estimate of drug-likeness (QED) is 0.201. The fourth-order valence-electron chi connectivity index (χ4n) is 3.39. The van der Waals surface area contributed by atoms with Crippen LogP contribution in [0.4, 0.5) is 4.39 Å². The van der Waals surface area contributed by atoms with E-state index in [1.54, 1.807) is 25.3 Å². The Morgan fingerprint density at radius 3 is 2.88 bits per heavy atom. The Balaban J connectivity index is 0.000000305. The van der Waals surface area contributed by atoms with Crippen molar-refractivity contribution in [3.05, 3.63) is 63.0 Å². The summed E-state index contributed by atoms with van der Waals surface area (Å²) < 4.78 is 17.2. The topological polar surface area (TPSA) is 131 Å². The van der Waals surface area contributed by atoms with Crippen LogP contribution in [0.15, 0.2) is 57.2 Å². The van der Waals surface area contributed by atoms with Crippen LogP contribution in [0.25, 0.3) is 0 Å². The molecule has 3 heterocycles. The first-order chi connectivity index (χ1) is 15.5. The van der Waals surface area contributed by atoms with Crippen LogP contribution in [-0.2, 0) is 9.53 Å². The number of aliphatic imine (C=N–C) groups is 1. The summed E-state index contributed by atoms with van der Waals surface area (Å²) in [6.07, 6.45) is 2.31. The molecule has 0 radical (unpaired) electrons. The predicted octanol–water partition coefficient (Wildman–Crippen LogP) is 2.26. The molecule has 9 nitrogen and oxygen atoms in total. The second-order valence-electron chi connectivity index (χ2n) is 6.73. The minimum absolute atomic E-state index is 0.0531. The third-order valence-corrected chi connectivity index (χ3v) is 5.77. The number of fused-ring (bicyclic) bond motifs is 1. The number of hydrogen-bond acceptors (Lipinski definition) is 9. The molecule has 1 atom stereocenters. The van der Waals surface area contributed by atoms with Gasteiger partial charge in [-0.1, -0.05) is 17.7 Å². The first-order valence-corrected chi connectivity index (χ1v) is 11.0. The molecule has 0 aliphatic carbocycles. The lowest BCUT2D eigenvalue weighted by Gasteiger charge is -2.26. The van der Waals surface area contributed by atoms with Gasteiger partial charge in [-0.3, -0.25) is 4.99 Å². The number of aromatic nitrogens is 1. The molecule has 1 fully saturated rings. The minimum atomic E-state index is -0.341. The van der Waals surface area contributed by atoms with Crippen LogP contribution < -0.4 is 17.1 Å². The summed E-state index contributed by atoms with van der Waals surface area (Å²) in [6.45, 7) is 2.94. The Labute approximate surface area is 193 Å². The van der Waals surface area contributed by atoms with Crippen LogP contribution in [0.2, 0.25) is 5.02 Å². The van der Waals surface area contributed by atoms with Gasteiger partial charge in [0.25, 0.3) is 0 Å². The fourth-order valence-corrected chi connectivity index (χ4v) is 4.22. The van der Waals surface area contributed by atoms with Crippen molar-refractivity contribution < 1.29 is 13.9 Å². The SMILES string of the molecule is CCOC(=O)C1=C2CC(/C(=N/N)NN)CN2C(c2nccs2)=NC1.Fc1cccc(Cl)c1. The molecule has 5 N–H and O–H groups in total. The third-order valence-electron chi connectivity index (χ3n) is 4.77. The molecule has 2 aliphatic heterocycles. The zero-order valence-electron chi connectivity index (χ0n) is 17.3. The lowest BCUT2D eigenvalue weighted by atomic mass is 10.0. The van der Waals surface area contributed by atoms with Gasteiger partial charge >= 0.3 is 5.97 Å². The molecule has 1 unspecified atom stereocenters. The Kier molecular flexibility index (Phi) is 8.14. The summed E-state index contributed by atoms with van der Waals surface area (Å²) in [5, 5.41) is 6.84. The number of rotatable bonds is 4. The maximum atomic E-state index is 12.3. The monoisotopic (exact) mass is 479 g/mol. The summed E-state index contributed by atoms with van der Waals surface area (Å²) in [5.74, 6) is 11.4. The fraction of sp³-hybridized carbons (Fsp3) is 0.300. The van der Waals surface area contributed by atoms with Crippen LogP contribution in [0.5, 0.6) is 0 Å². The summed E-state index contributed by atoms with van der Waals surface area (Å²) in [6, 6.07) is 5.82. The maximum absolute atomic E-state index is 12.3. The van der Waals surface area contributed by atoms with Gasteiger partial charge in [-0.05, 0) is 25.1 Å². The number of amidine groups is 2. The number of carbonyl (C=O) groups is 1. The molecule has 0 amide bonds. The first-order valence-electron chi connectivity index (χ1n) is 9.74. The van der Waals surface area contributed by atoms with Gasteiger partial charge in [-0.25, -0.2) is 20.0 Å². The van der Waals surface area contributed by atoms with Crippen molar-refractivity contribution in [3.8, 4) is 0 Å². The third kappa shape index (κ3) is 5.42. The largest absolute Gasteiger partial charge is 0.463 e. The Morgan fingerprint density at radius 1 is 1.50 bits per heavy atom. The second kappa shape index (κ2) is 11.0. The van der Waals surface area contributed by atoms with E-state index in [9.17, 15) is 9.18 Å². The number of hydrazone groups is 1. The molecule has 32 heavy (non-hydrogen) atoms. The lowest BCUT2D eigenvalue weighted by Crippen LogP contribution is -2.39. The highest BCUT2D eigenvalue weighted by atomic mass is 35.5. The Hall–Kier alpha value is -3.02. The van der Waals surface area contributed by atoms with Crippen molar-refractivity contribution in [1.29, 1.82) is 0 Å². The summed E-state index contributed by atoms with van der Waals surface area (Å²) in [5.41, 5.74) is 3.96. The number of nitrogens with zero attached hydrogens (tertiary/aromatic N) is 4. The number of allylic oxidation sites excluding steroid dienone is 1. The number of ether oxygens (including phenoxy) is 1. The Bertz CT molecular complexity index is 1030. The van der Waals surface area contributed by atoms with Gasteiger partial charge in [0.05, 0.1) is 18.7 Å². The molecule has 0 saturated carbocycles. The predicted molar refractivity (Wildman–Crippen MR) is 122 cm³/mol. The highest BCUT2D eigenvalue weighted by Crippen LogP contribution is 2.34. The molecular formula is C20H23ClFN7O2S. The Morgan fingerprint density at radius 2 is 2.31 bits per heavy atom. The van der Waals surface area contributed by atoms with Gasteiger partial charge < -0.3 is 20.9 Å². The molecule has 1 saturated heterocycles. The summed E-state index contributed by atoms with van der Waals surface area (Å²) >= 11 is 6.91. The van der Waals surface area contributed by atoms with E-state index in [0.29, 0.717) is 36.0 Å². The average Bonchev–Trinajstić information content (AvgIpc) is 3.45. The van der Waals surface area contributed by atoms with Gasteiger partial charge in [0.15, 0.2) is 10.8 Å². The van der Waals surface area contributed by atoms with Gasteiger partial charge in [-0.2, -0.15) is 5.10 Å². The molecule has 2 aromatic rings. The van der Waals surface area contributed by atoms with Gasteiger partial charge in [-0.15, -0.1) is 11.3 Å². The smallest absolute Gasteiger partial charge is 0.337 e. The maximum Gasteiger partial charge on any atom is 0.337 e. The van der Waals surface area contributed by atoms with Crippen LogP contribution in [0.3, 0.4) is 0 Å². The molecule has 0 bridgehead atoms. The standard InChI is InChI=1S/C14H19N7O2S.C6H4ClF/c1-2-23-14(22)9-6-18-12(13-17-3-4-24-13)21-7-8(5-10(9)21)11(19-15)20-16;7-5-2-1-3-6(8)4-5/h3-4,8H,2,5-7,15-16H2,1H3,(H,19,20);1-4H.